The molecule has 6 heteroatoms. The lowest BCUT2D eigenvalue weighted by molar-refractivity contribution is -0.143. The van der Waals surface area contributed by atoms with Gasteiger partial charge in [0.15, 0.2) is 0 Å². The maximum absolute atomic E-state index is 10.6. The van der Waals surface area contributed by atoms with Gasteiger partial charge < -0.3 is 5.11 Å². The molecule has 72 valence electrons. The molecule has 12 heavy (non-hydrogen) atoms. The van der Waals surface area contributed by atoms with Crippen molar-refractivity contribution in [1.82, 2.24) is 0 Å². The molecule has 0 bridgehead atoms. The molecule has 0 aliphatic rings. The van der Waals surface area contributed by atoms with Gasteiger partial charge in [0.05, 0.1) is 18.3 Å². The van der Waals surface area contributed by atoms with Gasteiger partial charge in [-0.3, -0.25) is 8.98 Å². The summed E-state index contributed by atoms with van der Waals surface area (Å²) in [6, 6.07) is 0. The van der Waals surface area contributed by atoms with Crippen molar-refractivity contribution >= 4 is 16.1 Å². The smallest absolute Gasteiger partial charge is 0.308 e. The van der Waals surface area contributed by atoms with E-state index in [1.807, 2.05) is 0 Å². The van der Waals surface area contributed by atoms with E-state index in [1.165, 1.54) is 13.8 Å². The summed E-state index contributed by atoms with van der Waals surface area (Å²) in [5.74, 6) is -1.91. The Labute approximate surface area is 71.5 Å². The number of carbonyl (C=O) groups is 1. The highest BCUT2D eigenvalue weighted by Crippen LogP contribution is 2.09. The van der Waals surface area contributed by atoms with Gasteiger partial charge in [0, 0.05) is 0 Å². The van der Waals surface area contributed by atoms with Gasteiger partial charge in [-0.15, -0.1) is 0 Å². The third kappa shape index (κ3) is 4.30. The van der Waals surface area contributed by atoms with E-state index in [4.69, 9.17) is 5.11 Å². The Morgan fingerprint density at radius 3 is 2.08 bits per heavy atom. The topological polar surface area (TPSA) is 80.7 Å². The minimum Gasteiger partial charge on any atom is -0.481 e. The monoisotopic (exact) mass is 196 g/mol. The molecule has 0 aromatic carbocycles. The molecule has 0 saturated carbocycles. The van der Waals surface area contributed by atoms with Gasteiger partial charge >= 0.3 is 5.97 Å². The van der Waals surface area contributed by atoms with Crippen LogP contribution in [0.1, 0.15) is 13.8 Å². The van der Waals surface area contributed by atoms with Crippen molar-refractivity contribution in [3.8, 4) is 0 Å². The van der Waals surface area contributed by atoms with Crippen molar-refractivity contribution in [2.75, 3.05) is 6.26 Å². The zero-order chi connectivity index (χ0) is 9.94. The molecule has 5 nitrogen and oxygen atoms in total. The van der Waals surface area contributed by atoms with Crippen LogP contribution in [0, 0.1) is 5.92 Å². The number of carboxylic acids is 1. The molecule has 0 amide bonds. The summed E-state index contributed by atoms with van der Waals surface area (Å²) < 4.78 is 25.6. The van der Waals surface area contributed by atoms with Crippen LogP contribution in [-0.4, -0.2) is 31.9 Å². The molecule has 1 N–H and O–H groups in total. The van der Waals surface area contributed by atoms with Crippen molar-refractivity contribution in [3.05, 3.63) is 0 Å². The van der Waals surface area contributed by atoms with Gasteiger partial charge in [-0.05, 0) is 13.8 Å². The van der Waals surface area contributed by atoms with Crippen molar-refractivity contribution in [2.45, 2.75) is 20.0 Å². The van der Waals surface area contributed by atoms with Gasteiger partial charge in [-0.2, -0.15) is 8.42 Å². The van der Waals surface area contributed by atoms with Crippen LogP contribution in [0.4, 0.5) is 0 Å². The molecular weight excluding hydrogens is 184 g/mol. The van der Waals surface area contributed by atoms with E-state index >= 15 is 0 Å². The summed E-state index contributed by atoms with van der Waals surface area (Å²) in [5, 5.41) is 8.47. The molecule has 0 aromatic heterocycles. The summed E-state index contributed by atoms with van der Waals surface area (Å²) in [7, 11) is -3.57. The number of rotatable bonds is 4. The van der Waals surface area contributed by atoms with Gasteiger partial charge in [0.25, 0.3) is 10.1 Å². The second-order valence-electron chi connectivity index (χ2n) is 2.63. The number of hydrogen-bond acceptors (Lipinski definition) is 4. The summed E-state index contributed by atoms with van der Waals surface area (Å²) in [6.07, 6.45) is 0.0513. The molecular formula is C6H12O5S. The van der Waals surface area contributed by atoms with E-state index in [0.29, 0.717) is 0 Å². The van der Waals surface area contributed by atoms with Gasteiger partial charge in [-0.25, -0.2) is 0 Å². The van der Waals surface area contributed by atoms with Crippen molar-refractivity contribution in [2.24, 2.45) is 5.92 Å². The van der Waals surface area contributed by atoms with Crippen LogP contribution in [0.2, 0.25) is 0 Å². The maximum Gasteiger partial charge on any atom is 0.308 e. The minimum absolute atomic E-state index is 0.834. The first-order valence-electron chi connectivity index (χ1n) is 3.35. The summed E-state index contributed by atoms with van der Waals surface area (Å²) in [4.78, 5) is 10.4. The SMILES string of the molecule is CC(OS(C)(=O)=O)[C@@H](C)C(=O)O. The highest BCUT2D eigenvalue weighted by Gasteiger charge is 2.23. The number of carboxylic acid groups (broad SMARTS) is 1. The van der Waals surface area contributed by atoms with Crippen LogP contribution in [0.5, 0.6) is 0 Å². The fourth-order valence-corrected chi connectivity index (χ4v) is 1.28. The zero-order valence-electron chi connectivity index (χ0n) is 7.14. The second kappa shape index (κ2) is 3.86. The fourth-order valence-electron chi connectivity index (χ4n) is 0.560. The summed E-state index contributed by atoms with van der Waals surface area (Å²) in [5.41, 5.74) is 0. The average molecular weight is 196 g/mol. The predicted octanol–water partition coefficient (Wildman–Crippen LogP) is 0.0718. The molecule has 0 aliphatic carbocycles. The molecule has 0 aromatic rings. The van der Waals surface area contributed by atoms with E-state index in [2.05, 4.69) is 4.18 Å². The lowest BCUT2D eigenvalue weighted by Crippen LogP contribution is -2.27. The Kier molecular flexibility index (Phi) is 3.66. The van der Waals surface area contributed by atoms with E-state index in [9.17, 15) is 13.2 Å². The molecule has 0 spiro atoms. The fraction of sp³-hybridized carbons (Fsp3) is 0.833. The first kappa shape index (κ1) is 11.4. The second-order valence-corrected chi connectivity index (χ2v) is 4.23. The maximum atomic E-state index is 10.6. The lowest BCUT2D eigenvalue weighted by atomic mass is 10.1. The molecule has 0 heterocycles. The third-order valence-corrected chi connectivity index (χ3v) is 2.07. The predicted molar refractivity (Wildman–Crippen MR) is 42.2 cm³/mol. The quantitative estimate of drug-likeness (QED) is 0.643. The standard InChI is InChI=1S/C6H12O5S/c1-4(6(7)8)5(2)11-12(3,9)10/h4-5H,1-3H3,(H,7,8)/t4-,5?/m1/s1. The normalized spacial score (nSPS) is 16.9. The van der Waals surface area contributed by atoms with Crippen molar-refractivity contribution in [3.63, 3.8) is 0 Å². The first-order chi connectivity index (χ1) is 5.24. The molecule has 0 fully saturated rings. The highest BCUT2D eigenvalue weighted by molar-refractivity contribution is 7.86. The largest absolute Gasteiger partial charge is 0.481 e. The molecule has 0 aliphatic heterocycles. The van der Waals surface area contributed by atoms with Crippen LogP contribution >= 0.6 is 0 Å². The van der Waals surface area contributed by atoms with Gasteiger partial charge in [0.1, 0.15) is 0 Å². The minimum atomic E-state index is -3.57. The van der Waals surface area contributed by atoms with Crippen molar-refractivity contribution in [1.29, 1.82) is 0 Å². The van der Waals surface area contributed by atoms with Crippen LogP contribution in [-0.2, 0) is 19.1 Å². The number of hydrogen-bond donors (Lipinski definition) is 1. The van der Waals surface area contributed by atoms with E-state index in [0.717, 1.165) is 6.26 Å². The number of aliphatic carboxylic acids is 1. The van der Waals surface area contributed by atoms with Crippen LogP contribution in [0.25, 0.3) is 0 Å². The summed E-state index contributed by atoms with van der Waals surface area (Å²) in [6.45, 7) is 2.79. The third-order valence-electron chi connectivity index (χ3n) is 1.42. The van der Waals surface area contributed by atoms with Crippen LogP contribution < -0.4 is 0 Å². The first-order valence-corrected chi connectivity index (χ1v) is 5.16. The Balaban J connectivity index is 4.23. The van der Waals surface area contributed by atoms with Gasteiger partial charge in [0.2, 0.25) is 0 Å². The highest BCUT2D eigenvalue weighted by atomic mass is 32.2. The molecule has 1 unspecified atom stereocenters. The Bertz CT molecular complexity index is 255. The van der Waals surface area contributed by atoms with E-state index < -0.39 is 28.1 Å². The Morgan fingerprint density at radius 1 is 1.42 bits per heavy atom. The van der Waals surface area contributed by atoms with Crippen molar-refractivity contribution < 1.29 is 22.5 Å². The summed E-state index contributed by atoms with van der Waals surface area (Å²) >= 11 is 0. The Hall–Kier alpha value is -0.620. The molecule has 0 rings (SSSR count). The van der Waals surface area contributed by atoms with E-state index in [-0.39, 0.29) is 0 Å². The molecule has 0 radical (unpaired) electrons. The lowest BCUT2D eigenvalue weighted by Gasteiger charge is -2.14. The average Bonchev–Trinajstić information content (AvgIpc) is 1.82. The Morgan fingerprint density at radius 2 is 1.83 bits per heavy atom. The molecule has 0 saturated heterocycles. The molecule has 2 atom stereocenters. The van der Waals surface area contributed by atoms with Crippen LogP contribution in [0.15, 0.2) is 0 Å². The van der Waals surface area contributed by atoms with Gasteiger partial charge in [-0.1, -0.05) is 0 Å². The van der Waals surface area contributed by atoms with E-state index in [1.54, 1.807) is 0 Å². The zero-order valence-corrected chi connectivity index (χ0v) is 7.96. The van der Waals surface area contributed by atoms with Crippen LogP contribution in [0.3, 0.4) is 0 Å².